The summed E-state index contributed by atoms with van der Waals surface area (Å²) in [7, 11) is 1.67. The molecule has 5 heteroatoms. The number of rotatable bonds is 7. The maximum atomic E-state index is 5.85. The number of para-hydroxylation sites is 1. The lowest BCUT2D eigenvalue weighted by Crippen LogP contribution is -2.33. The van der Waals surface area contributed by atoms with Gasteiger partial charge in [0, 0.05) is 42.4 Å². The van der Waals surface area contributed by atoms with Crippen molar-refractivity contribution < 1.29 is 4.74 Å². The Kier molecular flexibility index (Phi) is 6.53. The first-order valence-electron chi connectivity index (χ1n) is 10.5. The van der Waals surface area contributed by atoms with E-state index in [-0.39, 0.29) is 0 Å². The van der Waals surface area contributed by atoms with Gasteiger partial charge < -0.3 is 19.5 Å². The summed E-state index contributed by atoms with van der Waals surface area (Å²) < 4.78 is 7.56. The third-order valence-corrected chi connectivity index (χ3v) is 5.78. The number of anilines is 1. The zero-order valence-corrected chi connectivity index (χ0v) is 18.7. The number of aryl methyl sites for hydroxylation is 1. The molecule has 0 unspecified atom stereocenters. The molecule has 0 aliphatic rings. The molecule has 4 aromatic rings. The van der Waals surface area contributed by atoms with Gasteiger partial charge in [0.25, 0.3) is 0 Å². The van der Waals surface area contributed by atoms with Crippen LogP contribution in [0.1, 0.15) is 18.1 Å². The van der Waals surface area contributed by atoms with Crippen LogP contribution >= 0.6 is 12.2 Å². The molecule has 0 amide bonds. The molecule has 1 N–H and O–H groups in total. The molecule has 31 heavy (non-hydrogen) atoms. The molecule has 0 atom stereocenters. The molecule has 0 aliphatic heterocycles. The van der Waals surface area contributed by atoms with Gasteiger partial charge in [0.2, 0.25) is 0 Å². The van der Waals surface area contributed by atoms with Crippen molar-refractivity contribution in [2.24, 2.45) is 0 Å². The number of nitrogens with one attached hydrogen (secondary N) is 1. The Morgan fingerprint density at radius 2 is 1.65 bits per heavy atom. The summed E-state index contributed by atoms with van der Waals surface area (Å²) in [6.45, 7) is 4.57. The van der Waals surface area contributed by atoms with Crippen LogP contribution in [0.3, 0.4) is 0 Å². The first-order valence-corrected chi connectivity index (χ1v) is 10.9. The minimum atomic E-state index is 0.697. The van der Waals surface area contributed by atoms with Crippen LogP contribution in [0.5, 0.6) is 5.75 Å². The Bertz CT molecular complexity index is 1150. The van der Waals surface area contributed by atoms with Crippen LogP contribution in [-0.2, 0) is 19.6 Å². The van der Waals surface area contributed by atoms with Crippen LogP contribution in [0.2, 0.25) is 0 Å². The summed E-state index contributed by atoms with van der Waals surface area (Å²) >= 11 is 5.85. The average molecular weight is 430 g/mol. The average Bonchev–Trinajstić information content (AvgIpc) is 3.17. The van der Waals surface area contributed by atoms with E-state index in [1.54, 1.807) is 7.11 Å². The maximum absolute atomic E-state index is 5.85. The Morgan fingerprint density at radius 1 is 0.935 bits per heavy atom. The fourth-order valence-electron chi connectivity index (χ4n) is 3.80. The van der Waals surface area contributed by atoms with Crippen molar-refractivity contribution in [1.29, 1.82) is 0 Å². The highest BCUT2D eigenvalue weighted by Crippen LogP contribution is 2.24. The van der Waals surface area contributed by atoms with Gasteiger partial charge in [-0.2, -0.15) is 0 Å². The molecular formula is C26H27N3OS. The van der Waals surface area contributed by atoms with Gasteiger partial charge in [-0.3, -0.25) is 0 Å². The van der Waals surface area contributed by atoms with Crippen LogP contribution in [0.4, 0.5) is 5.69 Å². The maximum Gasteiger partial charge on any atom is 0.174 e. The number of hydrogen-bond donors (Lipinski definition) is 1. The van der Waals surface area contributed by atoms with Crippen molar-refractivity contribution in [2.45, 2.75) is 26.6 Å². The molecule has 158 valence electrons. The summed E-state index contributed by atoms with van der Waals surface area (Å²) in [5.74, 6) is 0.824. The highest BCUT2D eigenvalue weighted by atomic mass is 32.1. The number of methoxy groups -OCH3 is 1. The third-order valence-electron chi connectivity index (χ3n) is 5.42. The number of thiocarbonyl (C=S) groups is 1. The number of aromatic nitrogens is 1. The second-order valence-corrected chi connectivity index (χ2v) is 7.84. The number of nitrogens with zero attached hydrogens (tertiary/aromatic N) is 2. The monoisotopic (exact) mass is 429 g/mol. The zero-order valence-electron chi connectivity index (χ0n) is 17.9. The fourth-order valence-corrected chi connectivity index (χ4v) is 4.04. The second-order valence-electron chi connectivity index (χ2n) is 7.46. The van der Waals surface area contributed by atoms with Crippen molar-refractivity contribution >= 4 is 33.9 Å². The molecule has 0 spiro atoms. The molecule has 0 radical (unpaired) electrons. The molecule has 0 fully saturated rings. The normalized spacial score (nSPS) is 10.8. The van der Waals surface area contributed by atoms with Crippen molar-refractivity contribution in [3.63, 3.8) is 0 Å². The van der Waals surface area contributed by atoms with E-state index in [4.69, 9.17) is 17.0 Å². The van der Waals surface area contributed by atoms with Crippen LogP contribution in [-0.4, -0.2) is 21.7 Å². The Labute approximate surface area is 189 Å². The van der Waals surface area contributed by atoms with E-state index in [9.17, 15) is 0 Å². The van der Waals surface area contributed by atoms with Crippen molar-refractivity contribution in [1.82, 2.24) is 9.47 Å². The molecule has 0 saturated heterocycles. The first-order chi connectivity index (χ1) is 15.2. The lowest BCUT2D eigenvalue weighted by atomic mass is 10.1. The van der Waals surface area contributed by atoms with Crippen LogP contribution in [0.25, 0.3) is 10.9 Å². The summed E-state index contributed by atoms with van der Waals surface area (Å²) in [5, 5.41) is 5.37. The predicted octanol–water partition coefficient (Wildman–Crippen LogP) is 6.07. The molecule has 0 saturated carbocycles. The van der Waals surface area contributed by atoms with Gasteiger partial charge in [0.15, 0.2) is 5.11 Å². The van der Waals surface area contributed by atoms with Crippen LogP contribution in [0.15, 0.2) is 85.1 Å². The van der Waals surface area contributed by atoms with E-state index in [2.05, 4.69) is 76.4 Å². The van der Waals surface area contributed by atoms with E-state index < -0.39 is 0 Å². The molecule has 1 heterocycles. The van der Waals surface area contributed by atoms with Crippen molar-refractivity contribution in [3.8, 4) is 5.75 Å². The van der Waals surface area contributed by atoms with Crippen LogP contribution < -0.4 is 10.1 Å². The van der Waals surface area contributed by atoms with E-state index in [1.807, 2.05) is 30.3 Å². The van der Waals surface area contributed by atoms with Gasteiger partial charge in [-0.1, -0.05) is 48.5 Å². The Balaban J connectivity index is 1.62. The quantitative estimate of drug-likeness (QED) is 0.361. The minimum absolute atomic E-state index is 0.697. The smallest absolute Gasteiger partial charge is 0.174 e. The minimum Gasteiger partial charge on any atom is -0.497 e. The summed E-state index contributed by atoms with van der Waals surface area (Å²) in [6, 6.07) is 26.8. The highest BCUT2D eigenvalue weighted by Gasteiger charge is 2.15. The lowest BCUT2D eigenvalue weighted by molar-refractivity contribution is 0.413. The topological polar surface area (TPSA) is 29.4 Å². The largest absolute Gasteiger partial charge is 0.497 e. The summed E-state index contributed by atoms with van der Waals surface area (Å²) in [6.07, 6.45) is 2.25. The van der Waals surface area contributed by atoms with E-state index in [1.165, 1.54) is 22.0 Å². The van der Waals surface area contributed by atoms with Gasteiger partial charge in [-0.15, -0.1) is 0 Å². The molecule has 0 bridgehead atoms. The molecule has 4 nitrogen and oxygen atoms in total. The van der Waals surface area contributed by atoms with Gasteiger partial charge in [-0.25, -0.2) is 0 Å². The molecule has 4 rings (SSSR count). The van der Waals surface area contributed by atoms with Crippen LogP contribution in [0, 0.1) is 0 Å². The summed E-state index contributed by atoms with van der Waals surface area (Å²) in [5.41, 5.74) is 4.70. The molecule has 0 aliphatic carbocycles. The number of hydrogen-bond acceptors (Lipinski definition) is 2. The predicted molar refractivity (Wildman–Crippen MR) is 133 cm³/mol. The zero-order chi connectivity index (χ0) is 21.6. The highest BCUT2D eigenvalue weighted by molar-refractivity contribution is 7.80. The number of fused-ring (bicyclic) bond motifs is 1. The van der Waals surface area contributed by atoms with Gasteiger partial charge in [0.05, 0.1) is 7.11 Å². The fraction of sp³-hybridized carbons (Fsp3) is 0.192. The third kappa shape index (κ3) is 4.89. The number of ether oxygens (including phenoxy) is 1. The molecule has 1 aromatic heterocycles. The second kappa shape index (κ2) is 9.67. The Morgan fingerprint density at radius 3 is 2.35 bits per heavy atom. The first kappa shape index (κ1) is 20.9. The molecule has 3 aromatic carbocycles. The Hall–Kier alpha value is -3.31. The van der Waals surface area contributed by atoms with Crippen molar-refractivity contribution in [2.75, 3.05) is 12.4 Å². The van der Waals surface area contributed by atoms with Crippen molar-refractivity contribution in [3.05, 3.63) is 96.2 Å². The standard InChI is InChI=1S/C26H27N3OS/c1-3-28-18-21(24-11-7-8-12-25(24)28)19-29(17-20-9-5-4-6-10-20)26(31)27-22-13-15-23(30-2)16-14-22/h4-16,18H,3,17,19H2,1-2H3,(H,27,31). The van der Waals surface area contributed by atoms with Gasteiger partial charge in [0.1, 0.15) is 5.75 Å². The SMILES string of the molecule is CCn1cc(CN(Cc2ccccc2)C(=S)Nc2ccc(OC)cc2)c2ccccc21. The van der Waals surface area contributed by atoms with Gasteiger partial charge in [-0.05, 0) is 60.6 Å². The summed E-state index contributed by atoms with van der Waals surface area (Å²) in [4.78, 5) is 2.22. The number of benzene rings is 3. The van der Waals surface area contributed by atoms with E-state index in [0.29, 0.717) is 5.11 Å². The van der Waals surface area contributed by atoms with E-state index in [0.717, 1.165) is 31.1 Å². The lowest BCUT2D eigenvalue weighted by Gasteiger charge is -2.26. The molecular weight excluding hydrogens is 402 g/mol. The van der Waals surface area contributed by atoms with Gasteiger partial charge >= 0.3 is 0 Å². The van der Waals surface area contributed by atoms with E-state index >= 15 is 0 Å².